The molecule has 0 aliphatic carbocycles. The Hall–Kier alpha value is -1.40. The van der Waals surface area contributed by atoms with Crippen LogP contribution in [0.1, 0.15) is 12.0 Å². The molecule has 0 unspecified atom stereocenters. The molecule has 1 aliphatic rings. The lowest BCUT2D eigenvalue weighted by atomic mass is 10.2. The Morgan fingerprint density at radius 1 is 1.38 bits per heavy atom. The lowest BCUT2D eigenvalue weighted by Crippen LogP contribution is -2.54. The highest BCUT2D eigenvalue weighted by Gasteiger charge is 2.28. The third-order valence-corrected chi connectivity index (χ3v) is 3.72. The van der Waals surface area contributed by atoms with Gasteiger partial charge in [0.2, 0.25) is 5.91 Å². The SMILES string of the molecule is Cc1cccc(S(=O)(=O)NN2CCC2=O)c1. The summed E-state index contributed by atoms with van der Waals surface area (Å²) in [4.78, 5) is 13.4. The number of hydrogen-bond acceptors (Lipinski definition) is 3. The van der Waals surface area contributed by atoms with Gasteiger partial charge in [-0.1, -0.05) is 12.1 Å². The molecule has 0 bridgehead atoms. The maximum absolute atomic E-state index is 11.8. The fraction of sp³-hybridized carbons (Fsp3) is 0.300. The number of aryl methyl sites for hydroxylation is 1. The minimum absolute atomic E-state index is 0.173. The molecular weight excluding hydrogens is 228 g/mol. The van der Waals surface area contributed by atoms with Crippen LogP contribution in [0.5, 0.6) is 0 Å². The van der Waals surface area contributed by atoms with Gasteiger partial charge in [0.05, 0.1) is 4.90 Å². The van der Waals surface area contributed by atoms with Crippen LogP contribution in [0, 0.1) is 6.92 Å². The zero-order valence-electron chi connectivity index (χ0n) is 8.80. The number of amides is 1. The van der Waals surface area contributed by atoms with Crippen molar-refractivity contribution in [3.05, 3.63) is 29.8 Å². The van der Waals surface area contributed by atoms with Crippen LogP contribution in [0.15, 0.2) is 29.2 Å². The quantitative estimate of drug-likeness (QED) is 0.779. The van der Waals surface area contributed by atoms with Crippen LogP contribution in [0.2, 0.25) is 0 Å². The standard InChI is InChI=1S/C10H12N2O3S/c1-8-3-2-4-9(7-8)16(14,15)11-12-6-5-10(12)13/h2-4,7,11H,5-6H2,1H3. The van der Waals surface area contributed by atoms with Gasteiger partial charge in [-0.15, -0.1) is 4.83 Å². The summed E-state index contributed by atoms with van der Waals surface area (Å²) in [6.07, 6.45) is 0.399. The van der Waals surface area contributed by atoms with Crippen LogP contribution in [0.3, 0.4) is 0 Å². The zero-order chi connectivity index (χ0) is 11.8. The van der Waals surface area contributed by atoms with Crippen LogP contribution in [-0.2, 0) is 14.8 Å². The normalized spacial score (nSPS) is 16.1. The summed E-state index contributed by atoms with van der Waals surface area (Å²) < 4.78 is 23.7. The average molecular weight is 240 g/mol. The number of nitrogens with one attached hydrogen (secondary N) is 1. The number of hydrogen-bond donors (Lipinski definition) is 1. The number of benzene rings is 1. The minimum Gasteiger partial charge on any atom is -0.273 e. The number of nitrogens with zero attached hydrogens (tertiary/aromatic N) is 1. The van der Waals surface area contributed by atoms with Gasteiger partial charge in [0.15, 0.2) is 0 Å². The molecule has 6 heteroatoms. The Kier molecular flexibility index (Phi) is 2.69. The van der Waals surface area contributed by atoms with E-state index in [0.717, 1.165) is 10.6 Å². The van der Waals surface area contributed by atoms with Crippen molar-refractivity contribution >= 4 is 15.9 Å². The summed E-state index contributed by atoms with van der Waals surface area (Å²) in [6.45, 7) is 2.25. The van der Waals surface area contributed by atoms with Gasteiger partial charge in [-0.05, 0) is 24.6 Å². The molecule has 1 N–H and O–H groups in total. The van der Waals surface area contributed by atoms with Gasteiger partial charge in [-0.25, -0.2) is 8.42 Å². The molecule has 1 aliphatic heterocycles. The van der Waals surface area contributed by atoms with Gasteiger partial charge in [-0.3, -0.25) is 9.80 Å². The van der Waals surface area contributed by atoms with Crippen molar-refractivity contribution < 1.29 is 13.2 Å². The Labute approximate surface area is 94.1 Å². The van der Waals surface area contributed by atoms with Gasteiger partial charge in [0.1, 0.15) is 0 Å². The predicted molar refractivity (Wildman–Crippen MR) is 57.8 cm³/mol. The highest BCUT2D eigenvalue weighted by molar-refractivity contribution is 7.89. The maximum atomic E-state index is 11.8. The lowest BCUT2D eigenvalue weighted by molar-refractivity contribution is -0.141. The van der Waals surface area contributed by atoms with Crippen molar-refractivity contribution in [3.8, 4) is 0 Å². The molecule has 16 heavy (non-hydrogen) atoms. The van der Waals surface area contributed by atoms with Crippen molar-refractivity contribution in [2.45, 2.75) is 18.2 Å². The van der Waals surface area contributed by atoms with Crippen molar-refractivity contribution in [1.82, 2.24) is 9.84 Å². The monoisotopic (exact) mass is 240 g/mol. The molecule has 0 saturated carbocycles. The van der Waals surface area contributed by atoms with Crippen LogP contribution in [0.25, 0.3) is 0 Å². The van der Waals surface area contributed by atoms with Crippen molar-refractivity contribution in [2.24, 2.45) is 0 Å². The average Bonchev–Trinajstić information content (AvgIpc) is 2.24. The molecule has 0 atom stereocenters. The third kappa shape index (κ3) is 2.07. The second-order valence-electron chi connectivity index (χ2n) is 3.71. The number of sulfonamides is 1. The molecule has 1 amide bonds. The maximum Gasteiger partial charge on any atom is 0.257 e. The highest BCUT2D eigenvalue weighted by Crippen LogP contribution is 2.13. The van der Waals surface area contributed by atoms with E-state index < -0.39 is 10.0 Å². The van der Waals surface area contributed by atoms with E-state index in [1.54, 1.807) is 12.1 Å². The van der Waals surface area contributed by atoms with Crippen LogP contribution >= 0.6 is 0 Å². The van der Waals surface area contributed by atoms with E-state index in [0.29, 0.717) is 13.0 Å². The molecule has 1 heterocycles. The summed E-state index contributed by atoms with van der Waals surface area (Å²) in [5.74, 6) is -0.198. The number of rotatable bonds is 3. The van der Waals surface area contributed by atoms with Gasteiger partial charge in [0, 0.05) is 13.0 Å². The zero-order valence-corrected chi connectivity index (χ0v) is 9.62. The van der Waals surface area contributed by atoms with E-state index >= 15 is 0 Å². The molecule has 1 aromatic carbocycles. The molecule has 1 aromatic rings. The summed E-state index contributed by atoms with van der Waals surface area (Å²) in [5.41, 5.74) is 0.859. The molecule has 1 fully saturated rings. The first-order valence-corrected chi connectivity index (χ1v) is 6.37. The summed E-state index contributed by atoms with van der Waals surface area (Å²) in [5, 5.41) is 1.11. The Balaban J connectivity index is 2.22. The minimum atomic E-state index is -3.62. The van der Waals surface area contributed by atoms with E-state index in [-0.39, 0.29) is 10.8 Å². The Morgan fingerprint density at radius 2 is 2.12 bits per heavy atom. The first-order chi connectivity index (χ1) is 7.49. The summed E-state index contributed by atoms with van der Waals surface area (Å²) in [6, 6.07) is 6.54. The first-order valence-electron chi connectivity index (χ1n) is 4.88. The van der Waals surface area contributed by atoms with Crippen LogP contribution in [0.4, 0.5) is 0 Å². The molecular formula is C10H12N2O3S. The number of hydrazine groups is 1. The van der Waals surface area contributed by atoms with E-state index in [2.05, 4.69) is 4.83 Å². The van der Waals surface area contributed by atoms with Crippen molar-refractivity contribution in [2.75, 3.05) is 6.54 Å². The molecule has 86 valence electrons. The van der Waals surface area contributed by atoms with E-state index in [1.165, 1.54) is 6.07 Å². The van der Waals surface area contributed by atoms with Gasteiger partial charge < -0.3 is 0 Å². The predicted octanol–water partition coefficient (Wildman–Crippen LogP) is 0.421. The highest BCUT2D eigenvalue weighted by atomic mass is 32.2. The van der Waals surface area contributed by atoms with Crippen LogP contribution in [-0.4, -0.2) is 25.9 Å². The molecule has 5 nitrogen and oxygen atoms in total. The Bertz CT molecular complexity index is 525. The topological polar surface area (TPSA) is 66.5 Å². The van der Waals surface area contributed by atoms with Crippen molar-refractivity contribution in [1.29, 1.82) is 0 Å². The van der Waals surface area contributed by atoms with Gasteiger partial charge >= 0.3 is 0 Å². The summed E-state index contributed by atoms with van der Waals surface area (Å²) >= 11 is 0. The third-order valence-electron chi connectivity index (χ3n) is 2.38. The number of β-lactam (4-membered cyclic amide) rings is 1. The lowest BCUT2D eigenvalue weighted by Gasteiger charge is -2.30. The molecule has 1 saturated heterocycles. The number of carbonyl (C=O) groups is 1. The smallest absolute Gasteiger partial charge is 0.257 e. The Morgan fingerprint density at radius 3 is 2.62 bits per heavy atom. The van der Waals surface area contributed by atoms with E-state index in [9.17, 15) is 13.2 Å². The molecule has 0 aromatic heterocycles. The second kappa shape index (κ2) is 3.88. The van der Waals surface area contributed by atoms with E-state index in [1.807, 2.05) is 13.0 Å². The molecule has 0 radical (unpaired) electrons. The second-order valence-corrected chi connectivity index (χ2v) is 5.37. The van der Waals surface area contributed by atoms with Crippen LogP contribution < -0.4 is 4.83 Å². The summed E-state index contributed by atoms with van der Waals surface area (Å²) in [7, 11) is -3.62. The van der Waals surface area contributed by atoms with Gasteiger partial charge in [-0.2, -0.15) is 0 Å². The van der Waals surface area contributed by atoms with Gasteiger partial charge in [0.25, 0.3) is 10.0 Å². The first kappa shape index (κ1) is 11.1. The van der Waals surface area contributed by atoms with Crippen molar-refractivity contribution in [3.63, 3.8) is 0 Å². The number of carbonyl (C=O) groups excluding carboxylic acids is 1. The fourth-order valence-electron chi connectivity index (χ4n) is 1.39. The molecule has 2 rings (SSSR count). The fourth-order valence-corrected chi connectivity index (χ4v) is 2.58. The van der Waals surface area contributed by atoms with E-state index in [4.69, 9.17) is 0 Å². The molecule has 0 spiro atoms. The largest absolute Gasteiger partial charge is 0.273 e.